The highest BCUT2D eigenvalue weighted by atomic mass is 79.9. The number of hydrogen-bond donors (Lipinski definition) is 1. The molecule has 2 nitrogen and oxygen atoms in total. The molecule has 94 valence electrons. The zero-order chi connectivity index (χ0) is 12.5. The van der Waals surface area contributed by atoms with E-state index in [9.17, 15) is 0 Å². The average Bonchev–Trinajstić information content (AvgIpc) is 2.57. The fraction of sp³-hybridized carbons (Fsp3) is 0.571. The van der Waals surface area contributed by atoms with Gasteiger partial charge in [0.25, 0.3) is 0 Å². The number of halogens is 1. The minimum Gasteiger partial charge on any atom is -0.497 e. The van der Waals surface area contributed by atoms with E-state index < -0.39 is 0 Å². The normalized spacial score (nSPS) is 22.5. The Morgan fingerprint density at radius 2 is 2.12 bits per heavy atom. The molecule has 1 atom stereocenters. The number of rotatable bonds is 3. The molecule has 1 aromatic carbocycles. The maximum absolute atomic E-state index is 5.27. The summed E-state index contributed by atoms with van der Waals surface area (Å²) in [7, 11) is 1.70. The second-order valence-corrected chi connectivity index (χ2v) is 6.54. The molecule has 0 radical (unpaired) electrons. The van der Waals surface area contributed by atoms with Crippen molar-refractivity contribution in [1.82, 2.24) is 0 Å². The fourth-order valence-electron chi connectivity index (χ4n) is 2.56. The van der Waals surface area contributed by atoms with Crippen LogP contribution in [-0.4, -0.2) is 13.2 Å². The van der Waals surface area contributed by atoms with Crippen LogP contribution in [0.4, 0.5) is 5.69 Å². The summed E-state index contributed by atoms with van der Waals surface area (Å²) in [4.78, 5) is 0. The molecule has 0 aliphatic heterocycles. The predicted molar refractivity (Wildman–Crippen MR) is 75.7 cm³/mol. The Hall–Kier alpha value is -0.700. The summed E-state index contributed by atoms with van der Waals surface area (Å²) in [5, 5.41) is 3.60. The lowest BCUT2D eigenvalue weighted by molar-refractivity contribution is 0.378. The highest BCUT2D eigenvalue weighted by Gasteiger charge is 2.30. The van der Waals surface area contributed by atoms with E-state index in [0.29, 0.717) is 11.5 Å². The molecule has 0 aromatic heterocycles. The van der Waals surface area contributed by atoms with Gasteiger partial charge in [0.1, 0.15) is 5.75 Å². The molecular weight excluding hydrogens is 278 g/mol. The fourth-order valence-corrected chi connectivity index (χ4v) is 3.03. The van der Waals surface area contributed by atoms with Crippen LogP contribution in [0.1, 0.15) is 33.1 Å². The maximum atomic E-state index is 5.27. The van der Waals surface area contributed by atoms with Gasteiger partial charge in [-0.05, 0) is 36.8 Å². The number of ether oxygens (including phenoxy) is 1. The van der Waals surface area contributed by atoms with Gasteiger partial charge in [0.2, 0.25) is 0 Å². The lowest BCUT2D eigenvalue weighted by Crippen LogP contribution is -2.17. The van der Waals surface area contributed by atoms with Crippen LogP contribution in [0, 0.1) is 5.41 Å². The Balaban J connectivity index is 2.06. The zero-order valence-electron chi connectivity index (χ0n) is 10.7. The summed E-state index contributed by atoms with van der Waals surface area (Å²) >= 11 is 3.51. The van der Waals surface area contributed by atoms with E-state index in [1.54, 1.807) is 7.11 Å². The second-order valence-electron chi connectivity index (χ2n) is 5.63. The van der Waals surface area contributed by atoms with E-state index in [4.69, 9.17) is 4.74 Å². The van der Waals surface area contributed by atoms with Crippen LogP contribution in [-0.2, 0) is 0 Å². The molecule has 2 rings (SSSR count). The van der Waals surface area contributed by atoms with Gasteiger partial charge in [0.05, 0.1) is 7.11 Å². The van der Waals surface area contributed by atoms with E-state index in [1.165, 1.54) is 19.3 Å². The highest BCUT2D eigenvalue weighted by molar-refractivity contribution is 9.10. The van der Waals surface area contributed by atoms with Crippen molar-refractivity contribution < 1.29 is 4.74 Å². The quantitative estimate of drug-likeness (QED) is 0.890. The molecule has 3 heteroatoms. The largest absolute Gasteiger partial charge is 0.497 e. The van der Waals surface area contributed by atoms with Gasteiger partial charge in [0, 0.05) is 22.3 Å². The first-order valence-corrected chi connectivity index (χ1v) is 6.89. The Morgan fingerprint density at radius 3 is 2.71 bits per heavy atom. The van der Waals surface area contributed by atoms with Crippen molar-refractivity contribution in [2.45, 2.75) is 39.2 Å². The van der Waals surface area contributed by atoms with Crippen LogP contribution in [0.2, 0.25) is 0 Å². The van der Waals surface area contributed by atoms with Gasteiger partial charge in [-0.2, -0.15) is 0 Å². The van der Waals surface area contributed by atoms with Gasteiger partial charge < -0.3 is 10.1 Å². The summed E-state index contributed by atoms with van der Waals surface area (Å²) in [5.41, 5.74) is 1.62. The van der Waals surface area contributed by atoms with Crippen LogP contribution >= 0.6 is 15.9 Å². The smallest absolute Gasteiger partial charge is 0.122 e. The molecule has 1 saturated carbocycles. The van der Waals surface area contributed by atoms with Crippen molar-refractivity contribution in [2.24, 2.45) is 5.41 Å². The maximum Gasteiger partial charge on any atom is 0.122 e. The number of nitrogens with one attached hydrogen (secondary N) is 1. The molecule has 1 aliphatic carbocycles. The molecule has 1 aliphatic rings. The molecule has 1 N–H and O–H groups in total. The van der Waals surface area contributed by atoms with Crippen molar-refractivity contribution in [3.8, 4) is 5.75 Å². The Bertz CT molecular complexity index is 403. The molecule has 0 amide bonds. The van der Waals surface area contributed by atoms with Crippen molar-refractivity contribution >= 4 is 21.6 Å². The van der Waals surface area contributed by atoms with Gasteiger partial charge in [-0.1, -0.05) is 29.8 Å². The summed E-state index contributed by atoms with van der Waals surface area (Å²) < 4.78 is 6.32. The standard InChI is InChI=1S/C14H20BrNO/c1-14(2)5-4-11(9-14)16-12-6-10(15)7-13(8-12)17-3/h6-8,11,16H,4-5,9H2,1-3H3. The summed E-state index contributed by atoms with van der Waals surface area (Å²) in [6.45, 7) is 4.69. The lowest BCUT2D eigenvalue weighted by atomic mass is 9.92. The first-order chi connectivity index (χ1) is 7.98. The highest BCUT2D eigenvalue weighted by Crippen LogP contribution is 2.38. The molecule has 1 fully saturated rings. The summed E-state index contributed by atoms with van der Waals surface area (Å²) in [6, 6.07) is 6.72. The van der Waals surface area contributed by atoms with E-state index in [0.717, 1.165) is 15.9 Å². The molecule has 1 aromatic rings. The monoisotopic (exact) mass is 297 g/mol. The summed E-state index contributed by atoms with van der Waals surface area (Å²) in [5.74, 6) is 0.888. The lowest BCUT2D eigenvalue weighted by Gasteiger charge is -2.19. The Labute approximate surface area is 112 Å². The Morgan fingerprint density at radius 1 is 1.35 bits per heavy atom. The predicted octanol–water partition coefficient (Wildman–Crippen LogP) is 4.45. The average molecular weight is 298 g/mol. The summed E-state index contributed by atoms with van der Waals surface area (Å²) in [6.07, 6.45) is 3.79. The van der Waals surface area contributed by atoms with Crippen molar-refractivity contribution in [3.63, 3.8) is 0 Å². The minimum atomic E-state index is 0.480. The third kappa shape index (κ3) is 3.38. The molecule has 1 unspecified atom stereocenters. The zero-order valence-corrected chi connectivity index (χ0v) is 12.3. The van der Waals surface area contributed by atoms with Crippen LogP contribution in [0.5, 0.6) is 5.75 Å². The minimum absolute atomic E-state index is 0.480. The van der Waals surface area contributed by atoms with Gasteiger partial charge in [0.15, 0.2) is 0 Å². The molecule has 17 heavy (non-hydrogen) atoms. The molecule has 0 saturated heterocycles. The molecular formula is C14H20BrNO. The number of methoxy groups -OCH3 is 1. The third-order valence-corrected chi connectivity index (χ3v) is 3.90. The van der Waals surface area contributed by atoms with Gasteiger partial charge in [-0.25, -0.2) is 0 Å². The topological polar surface area (TPSA) is 21.3 Å². The van der Waals surface area contributed by atoms with Crippen molar-refractivity contribution in [2.75, 3.05) is 12.4 Å². The van der Waals surface area contributed by atoms with E-state index in [1.807, 2.05) is 6.07 Å². The molecule has 0 spiro atoms. The van der Waals surface area contributed by atoms with Crippen LogP contribution in [0.25, 0.3) is 0 Å². The van der Waals surface area contributed by atoms with Crippen molar-refractivity contribution in [3.05, 3.63) is 22.7 Å². The van der Waals surface area contributed by atoms with Crippen LogP contribution in [0.3, 0.4) is 0 Å². The number of hydrogen-bond acceptors (Lipinski definition) is 2. The molecule has 0 heterocycles. The van der Waals surface area contributed by atoms with E-state index in [2.05, 4.69) is 47.2 Å². The number of benzene rings is 1. The third-order valence-electron chi connectivity index (χ3n) is 3.45. The van der Waals surface area contributed by atoms with Crippen LogP contribution < -0.4 is 10.1 Å². The van der Waals surface area contributed by atoms with E-state index in [-0.39, 0.29) is 0 Å². The second kappa shape index (κ2) is 4.89. The van der Waals surface area contributed by atoms with E-state index >= 15 is 0 Å². The van der Waals surface area contributed by atoms with Gasteiger partial charge >= 0.3 is 0 Å². The van der Waals surface area contributed by atoms with Gasteiger partial charge in [-0.3, -0.25) is 0 Å². The first kappa shape index (κ1) is 12.7. The SMILES string of the molecule is COc1cc(Br)cc(NC2CCC(C)(C)C2)c1. The number of anilines is 1. The first-order valence-electron chi connectivity index (χ1n) is 6.10. The van der Waals surface area contributed by atoms with Crippen molar-refractivity contribution in [1.29, 1.82) is 0 Å². The molecule has 0 bridgehead atoms. The Kier molecular flexibility index (Phi) is 3.67. The van der Waals surface area contributed by atoms with Crippen LogP contribution in [0.15, 0.2) is 22.7 Å². The van der Waals surface area contributed by atoms with Gasteiger partial charge in [-0.15, -0.1) is 0 Å².